The summed E-state index contributed by atoms with van der Waals surface area (Å²) in [7, 11) is 0. The number of hydrogen-bond acceptors (Lipinski definition) is 2. The number of amides is 1. The number of carbonyl (C=O) groups excluding carboxylic acids is 1. The summed E-state index contributed by atoms with van der Waals surface area (Å²) in [5, 5.41) is 0.540. The van der Waals surface area contributed by atoms with Crippen molar-refractivity contribution >= 4 is 29.3 Å². The van der Waals surface area contributed by atoms with Gasteiger partial charge in [0.05, 0.1) is 53.9 Å². The number of ether oxygens (including phenoxy) is 1. The SMILES string of the molecule is O=C1OC(CC[N+]23CCC(c4ccccc4)(CC2)CC3)(c2ccc(Cl)c(Cl)c2)CN1Cc1cc(C(F)(F)F)cc(C(F)(F)F)c1. The molecule has 45 heavy (non-hydrogen) atoms. The largest absolute Gasteiger partial charge is 0.436 e. The molecule has 4 saturated heterocycles. The van der Waals surface area contributed by atoms with Gasteiger partial charge in [0.1, 0.15) is 0 Å². The average molecular weight is 673 g/mol. The average Bonchev–Trinajstić information content (AvgIpc) is 3.33. The number of fused-ring (bicyclic) bond motifs is 3. The van der Waals surface area contributed by atoms with E-state index in [9.17, 15) is 31.1 Å². The van der Waals surface area contributed by atoms with Gasteiger partial charge >= 0.3 is 18.4 Å². The van der Waals surface area contributed by atoms with Crippen LogP contribution in [-0.2, 0) is 34.7 Å². The standard InChI is InChI=1S/C33H31Cl2F6N2O2/c34-27-7-6-24(19-28(27)35)31(11-15-43-12-8-30(9-13-43,10-14-43)23-4-2-1-3-5-23)21-42(29(44)45-31)20-22-16-25(32(36,37)38)18-26(17-22)33(39,40)41/h1-7,16-19H,8-15,20-21H2/q+1. The van der Waals surface area contributed by atoms with Gasteiger partial charge in [-0.15, -0.1) is 0 Å². The van der Waals surface area contributed by atoms with Crippen LogP contribution in [0.5, 0.6) is 0 Å². The Morgan fingerprint density at radius 2 is 1.38 bits per heavy atom. The zero-order chi connectivity index (χ0) is 32.3. The van der Waals surface area contributed by atoms with Crippen LogP contribution in [0, 0.1) is 0 Å². The predicted octanol–water partition coefficient (Wildman–Crippen LogP) is 9.22. The zero-order valence-electron chi connectivity index (χ0n) is 24.2. The van der Waals surface area contributed by atoms with Crippen molar-refractivity contribution in [1.82, 2.24) is 4.90 Å². The van der Waals surface area contributed by atoms with Gasteiger partial charge < -0.3 is 9.22 Å². The summed E-state index contributed by atoms with van der Waals surface area (Å²) in [6.45, 7) is 2.97. The monoisotopic (exact) mass is 671 g/mol. The normalized spacial score (nSPS) is 26.8. The number of piperidine rings is 3. The minimum absolute atomic E-state index is 0.0733. The Morgan fingerprint density at radius 3 is 1.93 bits per heavy atom. The molecule has 4 nitrogen and oxygen atoms in total. The second-order valence-electron chi connectivity index (χ2n) is 12.6. The number of quaternary nitrogens is 1. The Bertz CT molecular complexity index is 1540. The molecule has 4 aliphatic heterocycles. The maximum absolute atomic E-state index is 13.5. The Balaban J connectivity index is 1.26. The molecule has 1 unspecified atom stereocenters. The molecule has 12 heteroatoms. The van der Waals surface area contributed by atoms with E-state index in [0.717, 1.165) is 48.3 Å². The van der Waals surface area contributed by atoms with Gasteiger partial charge in [-0.1, -0.05) is 59.6 Å². The molecule has 0 aromatic heterocycles. The molecule has 2 bridgehead atoms. The highest BCUT2D eigenvalue weighted by molar-refractivity contribution is 6.42. The Labute approximate surface area is 267 Å². The van der Waals surface area contributed by atoms with Gasteiger partial charge in [-0.2, -0.15) is 26.3 Å². The lowest BCUT2D eigenvalue weighted by atomic mass is 9.66. The first-order chi connectivity index (χ1) is 21.1. The van der Waals surface area contributed by atoms with Crippen LogP contribution < -0.4 is 0 Å². The lowest BCUT2D eigenvalue weighted by Gasteiger charge is -2.55. The maximum Gasteiger partial charge on any atom is 0.416 e. The van der Waals surface area contributed by atoms with Crippen LogP contribution >= 0.6 is 23.2 Å². The van der Waals surface area contributed by atoms with E-state index in [-0.39, 0.29) is 28.6 Å². The van der Waals surface area contributed by atoms with Crippen LogP contribution in [0.4, 0.5) is 31.1 Å². The molecule has 4 heterocycles. The molecular weight excluding hydrogens is 641 g/mol. The summed E-state index contributed by atoms with van der Waals surface area (Å²) in [5.74, 6) is 0. The second-order valence-corrected chi connectivity index (χ2v) is 13.5. The van der Waals surface area contributed by atoms with Gasteiger partial charge in [0.25, 0.3) is 0 Å². The van der Waals surface area contributed by atoms with E-state index >= 15 is 0 Å². The van der Waals surface area contributed by atoms with Crippen molar-refractivity contribution in [2.24, 2.45) is 0 Å². The first kappa shape index (κ1) is 32.0. The third-order valence-electron chi connectivity index (χ3n) is 10.0. The first-order valence-corrected chi connectivity index (χ1v) is 15.5. The smallest absolute Gasteiger partial charge is 0.416 e. The molecule has 0 saturated carbocycles. The molecule has 0 radical (unpaired) electrons. The van der Waals surface area contributed by atoms with Crippen molar-refractivity contribution in [1.29, 1.82) is 0 Å². The highest BCUT2D eigenvalue weighted by atomic mass is 35.5. The van der Waals surface area contributed by atoms with Crippen molar-refractivity contribution in [3.8, 4) is 0 Å². The Morgan fingerprint density at radius 1 is 0.778 bits per heavy atom. The number of hydrogen-bond donors (Lipinski definition) is 0. The van der Waals surface area contributed by atoms with Gasteiger partial charge in [0.15, 0.2) is 5.60 Å². The zero-order valence-corrected chi connectivity index (χ0v) is 25.7. The molecule has 4 aliphatic rings. The van der Waals surface area contributed by atoms with E-state index in [2.05, 4.69) is 24.3 Å². The Kier molecular flexibility index (Phi) is 8.10. The highest BCUT2D eigenvalue weighted by Crippen LogP contribution is 2.48. The van der Waals surface area contributed by atoms with Crippen LogP contribution in [0.1, 0.15) is 53.5 Å². The van der Waals surface area contributed by atoms with Gasteiger partial charge in [-0.25, -0.2) is 4.79 Å². The molecule has 0 aliphatic carbocycles. The summed E-state index contributed by atoms with van der Waals surface area (Å²) in [4.78, 5) is 14.4. The lowest BCUT2D eigenvalue weighted by molar-refractivity contribution is -0.944. The molecule has 1 amide bonds. The van der Waals surface area contributed by atoms with E-state index in [1.165, 1.54) is 5.56 Å². The van der Waals surface area contributed by atoms with E-state index in [1.54, 1.807) is 18.2 Å². The molecule has 4 fully saturated rings. The molecule has 1 atom stereocenters. The van der Waals surface area contributed by atoms with Gasteiger partial charge in [0.2, 0.25) is 0 Å². The number of benzene rings is 3. The topological polar surface area (TPSA) is 29.5 Å². The van der Waals surface area contributed by atoms with Crippen molar-refractivity contribution in [2.75, 3.05) is 32.7 Å². The van der Waals surface area contributed by atoms with Crippen molar-refractivity contribution in [2.45, 2.75) is 55.6 Å². The van der Waals surface area contributed by atoms with Crippen LogP contribution in [0.3, 0.4) is 0 Å². The van der Waals surface area contributed by atoms with Crippen LogP contribution in [0.15, 0.2) is 66.7 Å². The third-order valence-corrected chi connectivity index (χ3v) is 10.8. The maximum atomic E-state index is 13.5. The quantitative estimate of drug-likeness (QED) is 0.185. The molecule has 3 aromatic carbocycles. The van der Waals surface area contributed by atoms with Crippen LogP contribution in [0.25, 0.3) is 0 Å². The van der Waals surface area contributed by atoms with E-state index in [1.807, 2.05) is 6.07 Å². The predicted molar refractivity (Wildman–Crippen MR) is 158 cm³/mol. The lowest BCUT2D eigenvalue weighted by Crippen LogP contribution is -2.64. The van der Waals surface area contributed by atoms with Crippen molar-refractivity contribution < 1.29 is 40.4 Å². The van der Waals surface area contributed by atoms with Crippen molar-refractivity contribution in [3.05, 3.63) is 105 Å². The number of carbonyl (C=O) groups is 1. The number of halogens is 8. The van der Waals surface area contributed by atoms with Gasteiger partial charge in [-0.05, 0) is 47.0 Å². The van der Waals surface area contributed by atoms with Gasteiger partial charge in [-0.3, -0.25) is 4.90 Å². The fourth-order valence-corrected chi connectivity index (χ4v) is 7.63. The molecule has 240 valence electrons. The number of rotatable bonds is 7. The van der Waals surface area contributed by atoms with E-state index in [0.29, 0.717) is 35.7 Å². The summed E-state index contributed by atoms with van der Waals surface area (Å²) >= 11 is 12.5. The van der Waals surface area contributed by atoms with Crippen LogP contribution in [-0.4, -0.2) is 48.2 Å². The molecular formula is C33H31Cl2F6N2O2+. The summed E-state index contributed by atoms with van der Waals surface area (Å²) in [6.07, 6.45) is -7.35. The van der Waals surface area contributed by atoms with E-state index < -0.39 is 41.7 Å². The highest BCUT2D eigenvalue weighted by Gasteiger charge is 2.53. The minimum atomic E-state index is -5.00. The number of nitrogens with zero attached hydrogens (tertiary/aromatic N) is 2. The summed E-state index contributed by atoms with van der Waals surface area (Å²) in [6, 6.07) is 16.8. The molecule has 0 N–H and O–H groups in total. The van der Waals surface area contributed by atoms with E-state index in [4.69, 9.17) is 27.9 Å². The second kappa shape index (κ2) is 11.4. The summed E-state index contributed by atoms with van der Waals surface area (Å²) in [5.41, 5.74) is -2.32. The summed E-state index contributed by atoms with van der Waals surface area (Å²) < 4.78 is 88.0. The minimum Gasteiger partial charge on any atom is -0.436 e. The molecule has 0 spiro atoms. The Hall–Kier alpha value is -2.95. The number of alkyl halides is 6. The van der Waals surface area contributed by atoms with Gasteiger partial charge in [0, 0.05) is 37.6 Å². The molecule has 7 rings (SSSR count). The third kappa shape index (κ3) is 6.25. The molecule has 3 aromatic rings. The van der Waals surface area contributed by atoms with Crippen LogP contribution in [0.2, 0.25) is 10.0 Å². The van der Waals surface area contributed by atoms with Crippen molar-refractivity contribution in [3.63, 3.8) is 0 Å². The fourth-order valence-electron chi connectivity index (χ4n) is 7.33. The first-order valence-electron chi connectivity index (χ1n) is 14.7. The fraction of sp³-hybridized carbons (Fsp3) is 0.424. The number of cyclic esters (lactones) is 1.